The number of hydrogen-bond donors (Lipinski definition) is 1. The van der Waals surface area contributed by atoms with Crippen LogP contribution in [0.1, 0.15) is 11.3 Å². The second-order valence-corrected chi connectivity index (χ2v) is 5.51. The van der Waals surface area contributed by atoms with Gasteiger partial charge in [-0.05, 0) is 25.5 Å². The summed E-state index contributed by atoms with van der Waals surface area (Å²) in [6.07, 6.45) is 0. The molecule has 0 radical (unpaired) electrons. The molecular weight excluding hydrogens is 280 g/mol. The summed E-state index contributed by atoms with van der Waals surface area (Å²) in [6, 6.07) is 9.66. The zero-order chi connectivity index (χ0) is 15.5. The Morgan fingerprint density at radius 3 is 2.55 bits per heavy atom. The number of nitrogens with zero attached hydrogens (tertiary/aromatic N) is 3. The third kappa shape index (κ3) is 3.05. The average Bonchev–Trinajstić information content (AvgIpc) is 2.96. The van der Waals surface area contributed by atoms with Gasteiger partial charge in [-0.1, -0.05) is 23.4 Å². The van der Waals surface area contributed by atoms with E-state index in [4.69, 9.17) is 4.52 Å². The summed E-state index contributed by atoms with van der Waals surface area (Å²) >= 11 is 0. The van der Waals surface area contributed by atoms with Crippen molar-refractivity contribution >= 4 is 17.5 Å². The van der Waals surface area contributed by atoms with E-state index in [-0.39, 0.29) is 6.03 Å². The van der Waals surface area contributed by atoms with Crippen LogP contribution in [-0.4, -0.2) is 42.3 Å². The Bertz CT molecular complexity index is 660. The number of hydrogen-bond acceptors (Lipinski definition) is 4. The number of aryl methyl sites for hydroxylation is 2. The van der Waals surface area contributed by atoms with E-state index in [9.17, 15) is 4.79 Å². The van der Waals surface area contributed by atoms with E-state index >= 15 is 0 Å². The van der Waals surface area contributed by atoms with Gasteiger partial charge in [-0.25, -0.2) is 4.79 Å². The third-order valence-corrected chi connectivity index (χ3v) is 3.89. The van der Waals surface area contributed by atoms with Crippen LogP contribution in [0, 0.1) is 13.8 Å². The number of amides is 2. The minimum Gasteiger partial charge on any atom is -0.360 e. The summed E-state index contributed by atoms with van der Waals surface area (Å²) in [5.74, 6) is 1.64. The molecule has 0 spiro atoms. The lowest BCUT2D eigenvalue weighted by molar-refractivity contribution is 0.208. The van der Waals surface area contributed by atoms with E-state index < -0.39 is 0 Å². The van der Waals surface area contributed by atoms with Crippen molar-refractivity contribution in [3.05, 3.63) is 41.7 Å². The molecule has 6 nitrogen and oxygen atoms in total. The highest BCUT2D eigenvalue weighted by Gasteiger charge is 2.23. The highest BCUT2D eigenvalue weighted by atomic mass is 16.5. The van der Waals surface area contributed by atoms with E-state index in [1.54, 1.807) is 0 Å². The standard InChI is InChI=1S/C16H20N4O2/c1-12-5-3-4-6-14(12)17-16(21)20-9-7-19(8-10-20)15-11-13(2)22-18-15/h3-6,11H,7-10H2,1-2H3,(H,17,21). The van der Waals surface area contributed by atoms with Gasteiger partial charge in [-0.2, -0.15) is 0 Å². The van der Waals surface area contributed by atoms with Crippen LogP contribution < -0.4 is 10.2 Å². The molecule has 2 amide bonds. The number of carbonyl (C=O) groups excluding carboxylic acids is 1. The van der Waals surface area contributed by atoms with Crippen molar-refractivity contribution in [1.82, 2.24) is 10.1 Å². The van der Waals surface area contributed by atoms with E-state index in [1.807, 2.05) is 49.1 Å². The van der Waals surface area contributed by atoms with Crippen LogP contribution in [0.25, 0.3) is 0 Å². The van der Waals surface area contributed by atoms with E-state index in [1.165, 1.54) is 0 Å². The fourth-order valence-corrected chi connectivity index (χ4v) is 2.55. The highest BCUT2D eigenvalue weighted by molar-refractivity contribution is 5.90. The fourth-order valence-electron chi connectivity index (χ4n) is 2.55. The van der Waals surface area contributed by atoms with Crippen LogP contribution in [0.4, 0.5) is 16.3 Å². The van der Waals surface area contributed by atoms with Gasteiger partial charge >= 0.3 is 6.03 Å². The number of anilines is 2. The Hall–Kier alpha value is -2.50. The van der Waals surface area contributed by atoms with Crippen molar-refractivity contribution in [2.24, 2.45) is 0 Å². The topological polar surface area (TPSA) is 61.6 Å². The molecule has 1 N–H and O–H groups in total. The largest absolute Gasteiger partial charge is 0.360 e. The monoisotopic (exact) mass is 300 g/mol. The van der Waals surface area contributed by atoms with Crippen LogP contribution in [0.15, 0.2) is 34.9 Å². The molecule has 6 heteroatoms. The van der Waals surface area contributed by atoms with E-state index in [0.29, 0.717) is 13.1 Å². The second kappa shape index (κ2) is 6.09. The van der Waals surface area contributed by atoms with Gasteiger partial charge in [0.1, 0.15) is 5.76 Å². The Morgan fingerprint density at radius 2 is 1.91 bits per heavy atom. The molecule has 1 fully saturated rings. The predicted octanol–water partition coefficient (Wildman–Crippen LogP) is 2.65. The first-order chi connectivity index (χ1) is 10.6. The van der Waals surface area contributed by atoms with Crippen LogP contribution in [0.5, 0.6) is 0 Å². The fraction of sp³-hybridized carbons (Fsp3) is 0.375. The average molecular weight is 300 g/mol. The molecular formula is C16H20N4O2. The van der Waals surface area contributed by atoms with Crippen LogP contribution in [0.2, 0.25) is 0 Å². The molecule has 1 saturated heterocycles. The third-order valence-electron chi connectivity index (χ3n) is 3.89. The van der Waals surface area contributed by atoms with Crippen LogP contribution >= 0.6 is 0 Å². The molecule has 116 valence electrons. The summed E-state index contributed by atoms with van der Waals surface area (Å²) < 4.78 is 5.10. The summed E-state index contributed by atoms with van der Waals surface area (Å²) in [5, 5.41) is 6.99. The zero-order valence-electron chi connectivity index (χ0n) is 12.9. The Morgan fingerprint density at radius 1 is 1.18 bits per heavy atom. The molecule has 0 saturated carbocycles. The van der Waals surface area contributed by atoms with Crippen molar-refractivity contribution in [3.8, 4) is 0 Å². The summed E-state index contributed by atoms with van der Waals surface area (Å²) in [7, 11) is 0. The van der Waals surface area contributed by atoms with Gasteiger partial charge in [0.25, 0.3) is 0 Å². The van der Waals surface area contributed by atoms with Gasteiger partial charge in [0, 0.05) is 37.9 Å². The molecule has 1 aromatic heterocycles. The zero-order valence-corrected chi connectivity index (χ0v) is 12.9. The van der Waals surface area contributed by atoms with Crippen molar-refractivity contribution in [2.75, 3.05) is 36.4 Å². The number of para-hydroxylation sites is 1. The first-order valence-electron chi connectivity index (χ1n) is 7.43. The number of urea groups is 1. The maximum absolute atomic E-state index is 12.3. The van der Waals surface area contributed by atoms with Gasteiger partial charge in [-0.15, -0.1) is 0 Å². The smallest absolute Gasteiger partial charge is 0.321 e. The molecule has 0 atom stereocenters. The second-order valence-electron chi connectivity index (χ2n) is 5.51. The van der Waals surface area contributed by atoms with E-state index in [0.717, 1.165) is 35.9 Å². The number of rotatable bonds is 2. The molecule has 22 heavy (non-hydrogen) atoms. The molecule has 0 bridgehead atoms. The first kappa shape index (κ1) is 14.4. The molecule has 1 aromatic carbocycles. The molecule has 0 unspecified atom stereocenters. The molecule has 3 rings (SSSR count). The molecule has 1 aliphatic heterocycles. The van der Waals surface area contributed by atoms with Crippen molar-refractivity contribution in [2.45, 2.75) is 13.8 Å². The maximum atomic E-state index is 12.3. The number of carbonyl (C=O) groups is 1. The van der Waals surface area contributed by atoms with Gasteiger partial charge in [0.15, 0.2) is 5.82 Å². The lowest BCUT2D eigenvalue weighted by atomic mass is 10.2. The van der Waals surface area contributed by atoms with Crippen molar-refractivity contribution in [3.63, 3.8) is 0 Å². The lowest BCUT2D eigenvalue weighted by Gasteiger charge is -2.34. The van der Waals surface area contributed by atoms with Crippen LogP contribution in [-0.2, 0) is 0 Å². The first-order valence-corrected chi connectivity index (χ1v) is 7.43. The molecule has 2 heterocycles. The minimum atomic E-state index is -0.0507. The Kier molecular flexibility index (Phi) is 4.00. The van der Waals surface area contributed by atoms with Crippen molar-refractivity contribution < 1.29 is 9.32 Å². The Balaban J connectivity index is 1.57. The van der Waals surface area contributed by atoms with E-state index in [2.05, 4.69) is 15.4 Å². The number of aromatic nitrogens is 1. The molecule has 2 aromatic rings. The quantitative estimate of drug-likeness (QED) is 0.926. The summed E-state index contributed by atoms with van der Waals surface area (Å²) in [6.45, 7) is 6.72. The minimum absolute atomic E-state index is 0.0507. The summed E-state index contributed by atoms with van der Waals surface area (Å²) in [5.41, 5.74) is 1.93. The maximum Gasteiger partial charge on any atom is 0.321 e. The predicted molar refractivity (Wildman–Crippen MR) is 85.2 cm³/mol. The lowest BCUT2D eigenvalue weighted by Crippen LogP contribution is -2.50. The normalized spacial score (nSPS) is 15.0. The number of nitrogens with one attached hydrogen (secondary N) is 1. The Labute approximate surface area is 129 Å². The van der Waals surface area contributed by atoms with Gasteiger partial charge < -0.3 is 19.6 Å². The highest BCUT2D eigenvalue weighted by Crippen LogP contribution is 2.17. The van der Waals surface area contributed by atoms with Gasteiger partial charge in [0.05, 0.1) is 0 Å². The summed E-state index contributed by atoms with van der Waals surface area (Å²) in [4.78, 5) is 16.3. The molecule has 1 aliphatic rings. The van der Waals surface area contributed by atoms with Gasteiger partial charge in [-0.3, -0.25) is 0 Å². The molecule has 0 aliphatic carbocycles. The van der Waals surface area contributed by atoms with Crippen LogP contribution in [0.3, 0.4) is 0 Å². The number of benzene rings is 1. The number of piperazine rings is 1. The SMILES string of the molecule is Cc1cc(N2CCN(C(=O)Nc3ccccc3C)CC2)no1. The van der Waals surface area contributed by atoms with Crippen molar-refractivity contribution in [1.29, 1.82) is 0 Å². The van der Waals surface area contributed by atoms with Gasteiger partial charge in [0.2, 0.25) is 0 Å².